The lowest BCUT2D eigenvalue weighted by molar-refractivity contribution is 0.102. The van der Waals surface area contributed by atoms with Crippen LogP contribution in [-0.2, 0) is 0 Å². The lowest BCUT2D eigenvalue weighted by atomic mass is 10.2. The third-order valence-electron chi connectivity index (χ3n) is 3.46. The lowest BCUT2D eigenvalue weighted by Crippen LogP contribution is -2.13. The number of anilines is 1. The van der Waals surface area contributed by atoms with E-state index in [1.165, 1.54) is 23.9 Å². The molecule has 26 heavy (non-hydrogen) atoms. The molecule has 0 bridgehead atoms. The molecular weight excluding hydrogens is 370 g/mol. The molecule has 0 aromatic heterocycles. The first kappa shape index (κ1) is 20.3. The van der Waals surface area contributed by atoms with Gasteiger partial charge >= 0.3 is 0 Å². The number of nitrogens with one attached hydrogen (secondary N) is 1. The molecule has 1 atom stereocenters. The Morgan fingerprint density at radius 3 is 2.38 bits per heavy atom. The Hall–Kier alpha value is -2.06. The highest BCUT2D eigenvalue weighted by molar-refractivity contribution is 7.99. The summed E-state index contributed by atoms with van der Waals surface area (Å²) in [6.07, 6.45) is 0.817. The van der Waals surface area contributed by atoms with Crippen molar-refractivity contribution in [1.29, 1.82) is 0 Å². The molecule has 0 saturated carbocycles. The van der Waals surface area contributed by atoms with Gasteiger partial charge in [0.2, 0.25) is 0 Å². The molecule has 2 aromatic rings. The lowest BCUT2D eigenvalue weighted by Gasteiger charge is -2.09. The van der Waals surface area contributed by atoms with Crippen LogP contribution in [0.2, 0.25) is 0 Å². The van der Waals surface area contributed by atoms with Crippen LogP contribution in [0.25, 0.3) is 0 Å². The van der Waals surface area contributed by atoms with E-state index in [-0.39, 0.29) is 16.1 Å². The smallest absolute Gasteiger partial charge is 0.255 e. The number of halogens is 4. The third-order valence-corrected chi connectivity index (χ3v) is 4.58. The highest BCUT2D eigenvalue weighted by atomic mass is 32.2. The van der Waals surface area contributed by atoms with E-state index in [1.807, 2.05) is 0 Å². The van der Waals surface area contributed by atoms with E-state index in [9.17, 15) is 27.5 Å². The average molecular weight is 387 g/mol. The van der Waals surface area contributed by atoms with Gasteiger partial charge in [0.1, 0.15) is 5.82 Å². The Bertz CT molecular complexity index is 776. The summed E-state index contributed by atoms with van der Waals surface area (Å²) in [5, 5.41) is 11.4. The fourth-order valence-electron chi connectivity index (χ4n) is 2.15. The summed E-state index contributed by atoms with van der Waals surface area (Å²) in [4.78, 5) is 12.4. The van der Waals surface area contributed by atoms with Crippen molar-refractivity contribution >= 4 is 23.4 Å². The number of aliphatic hydroxyl groups is 1. The number of carbonyl (C=O) groups excluding carboxylic acids is 1. The van der Waals surface area contributed by atoms with Gasteiger partial charge in [-0.15, -0.1) is 11.8 Å². The zero-order valence-corrected chi connectivity index (χ0v) is 14.7. The first-order valence-electron chi connectivity index (χ1n) is 7.84. The normalized spacial score (nSPS) is 12.1. The van der Waals surface area contributed by atoms with E-state index < -0.39 is 35.3 Å². The number of carbonyl (C=O) groups is 1. The van der Waals surface area contributed by atoms with Gasteiger partial charge in [-0.1, -0.05) is 0 Å². The Morgan fingerprint density at radius 1 is 1.12 bits per heavy atom. The molecule has 2 rings (SSSR count). The number of amides is 1. The molecule has 1 amide bonds. The van der Waals surface area contributed by atoms with E-state index in [4.69, 9.17) is 0 Å². The number of aliphatic hydroxyl groups excluding tert-OH is 1. The van der Waals surface area contributed by atoms with Crippen LogP contribution in [0.15, 0.2) is 35.2 Å². The molecular formula is C18H17F4NO2S. The number of hydrogen-bond acceptors (Lipinski definition) is 3. The molecule has 2 N–H and O–H groups in total. The van der Waals surface area contributed by atoms with Crippen molar-refractivity contribution in [3.05, 3.63) is 59.2 Å². The van der Waals surface area contributed by atoms with Gasteiger partial charge in [0, 0.05) is 28.3 Å². The number of rotatable bonds is 7. The first-order valence-corrected chi connectivity index (χ1v) is 8.82. The van der Waals surface area contributed by atoms with Gasteiger partial charge in [-0.25, -0.2) is 17.6 Å². The summed E-state index contributed by atoms with van der Waals surface area (Å²) in [5.74, 6) is -5.12. The fourth-order valence-corrected chi connectivity index (χ4v) is 3.09. The average Bonchev–Trinajstić information content (AvgIpc) is 2.57. The van der Waals surface area contributed by atoms with Crippen LogP contribution in [0.3, 0.4) is 0 Å². The minimum atomic E-state index is -1.62. The van der Waals surface area contributed by atoms with Gasteiger partial charge in [-0.2, -0.15) is 0 Å². The quantitative estimate of drug-likeness (QED) is 0.312. The SMILES string of the molecule is CC(O)CCCSc1cc(C(=O)Nc2cc(F)c(F)c(F)c2)ccc1F. The van der Waals surface area contributed by atoms with Gasteiger partial charge in [-0.3, -0.25) is 4.79 Å². The summed E-state index contributed by atoms with van der Waals surface area (Å²) < 4.78 is 53.2. The molecule has 0 saturated heterocycles. The Morgan fingerprint density at radius 2 is 1.77 bits per heavy atom. The van der Waals surface area contributed by atoms with Crippen LogP contribution < -0.4 is 5.32 Å². The van der Waals surface area contributed by atoms with Gasteiger partial charge in [0.15, 0.2) is 17.5 Å². The van der Waals surface area contributed by atoms with Crippen molar-refractivity contribution in [2.75, 3.05) is 11.1 Å². The van der Waals surface area contributed by atoms with E-state index >= 15 is 0 Å². The second-order valence-corrected chi connectivity index (χ2v) is 6.83. The highest BCUT2D eigenvalue weighted by Gasteiger charge is 2.14. The highest BCUT2D eigenvalue weighted by Crippen LogP contribution is 2.25. The minimum absolute atomic E-state index is 0.0922. The molecule has 1 unspecified atom stereocenters. The predicted molar refractivity (Wildman–Crippen MR) is 92.3 cm³/mol. The molecule has 0 aliphatic carbocycles. The Balaban J connectivity index is 2.08. The van der Waals surface area contributed by atoms with Gasteiger partial charge in [0.05, 0.1) is 6.10 Å². The van der Waals surface area contributed by atoms with Crippen LogP contribution >= 0.6 is 11.8 Å². The number of thioether (sulfide) groups is 1. The van der Waals surface area contributed by atoms with Gasteiger partial charge < -0.3 is 10.4 Å². The summed E-state index contributed by atoms with van der Waals surface area (Å²) in [6, 6.07) is 5.00. The maximum absolute atomic E-state index is 13.9. The summed E-state index contributed by atoms with van der Waals surface area (Å²) in [7, 11) is 0. The first-order chi connectivity index (χ1) is 12.3. The van der Waals surface area contributed by atoms with E-state index in [2.05, 4.69) is 5.32 Å². The van der Waals surface area contributed by atoms with Crippen LogP contribution in [0.1, 0.15) is 30.1 Å². The monoisotopic (exact) mass is 387 g/mol. The number of benzene rings is 2. The van der Waals surface area contributed by atoms with E-state index in [0.717, 1.165) is 6.07 Å². The molecule has 0 aliphatic rings. The van der Waals surface area contributed by atoms with Gasteiger partial charge in [0.25, 0.3) is 5.91 Å². The zero-order chi connectivity index (χ0) is 19.3. The second-order valence-electron chi connectivity index (χ2n) is 5.69. The van der Waals surface area contributed by atoms with E-state index in [1.54, 1.807) is 6.92 Å². The molecule has 2 aromatic carbocycles. The zero-order valence-electron chi connectivity index (χ0n) is 13.9. The molecule has 0 spiro atoms. The van der Waals surface area contributed by atoms with Crippen LogP contribution in [0.5, 0.6) is 0 Å². The number of hydrogen-bond donors (Lipinski definition) is 2. The van der Waals surface area contributed by atoms with Crippen molar-refractivity contribution in [3.63, 3.8) is 0 Å². The minimum Gasteiger partial charge on any atom is -0.393 e. The van der Waals surface area contributed by atoms with Crippen LogP contribution in [0.4, 0.5) is 23.2 Å². The Labute approximate surface area is 152 Å². The maximum atomic E-state index is 13.9. The van der Waals surface area contributed by atoms with Crippen LogP contribution in [0, 0.1) is 23.3 Å². The van der Waals surface area contributed by atoms with Gasteiger partial charge in [-0.05, 0) is 43.7 Å². The molecule has 140 valence electrons. The Kier molecular flexibility index (Phi) is 7.05. The largest absolute Gasteiger partial charge is 0.393 e. The molecule has 0 radical (unpaired) electrons. The summed E-state index contributed by atoms with van der Waals surface area (Å²) in [5.41, 5.74) is -0.156. The molecule has 8 heteroatoms. The second kappa shape index (κ2) is 9.05. The van der Waals surface area contributed by atoms with Crippen molar-refractivity contribution in [1.82, 2.24) is 0 Å². The standard InChI is InChI=1S/C18H17F4NO2S/c1-10(24)3-2-6-26-16-7-11(4-5-13(16)19)18(25)23-12-8-14(20)17(22)15(21)9-12/h4-5,7-10,24H,2-3,6H2,1H3,(H,23,25). The summed E-state index contributed by atoms with van der Waals surface area (Å²) >= 11 is 1.20. The van der Waals surface area contributed by atoms with Crippen molar-refractivity contribution in [2.24, 2.45) is 0 Å². The van der Waals surface area contributed by atoms with Crippen molar-refractivity contribution in [2.45, 2.75) is 30.8 Å². The predicted octanol–water partition coefficient (Wildman–Crippen LogP) is 4.75. The molecule has 3 nitrogen and oxygen atoms in total. The molecule has 0 aliphatic heterocycles. The summed E-state index contributed by atoms with van der Waals surface area (Å²) in [6.45, 7) is 1.66. The van der Waals surface area contributed by atoms with Crippen molar-refractivity contribution in [3.8, 4) is 0 Å². The molecule has 0 heterocycles. The topological polar surface area (TPSA) is 49.3 Å². The van der Waals surface area contributed by atoms with E-state index in [0.29, 0.717) is 30.7 Å². The maximum Gasteiger partial charge on any atom is 0.255 e. The van der Waals surface area contributed by atoms with Crippen LogP contribution in [-0.4, -0.2) is 22.9 Å². The fraction of sp³-hybridized carbons (Fsp3) is 0.278. The van der Waals surface area contributed by atoms with Crippen molar-refractivity contribution < 1.29 is 27.5 Å². The molecule has 0 fully saturated rings. The third kappa shape index (κ3) is 5.47.